The Morgan fingerprint density at radius 3 is 1.96 bits per heavy atom. The number of nitrogens with one attached hydrogen (secondary N) is 2. The largest absolute Gasteiger partial charge is 0.383 e. The fraction of sp³-hybridized carbons (Fsp3) is 0.500. The van der Waals surface area contributed by atoms with Crippen LogP contribution in [0.15, 0.2) is 23.1 Å². The maximum Gasteiger partial charge on any atom is 0.247 e. The number of hydrogen-bond donors (Lipinski definition) is 2. The average molecular weight is 423 g/mol. The summed E-state index contributed by atoms with van der Waals surface area (Å²) < 4.78 is 62.9. The van der Waals surface area contributed by atoms with Crippen LogP contribution in [0.1, 0.15) is 0 Å². The Kier molecular flexibility index (Phi) is 9.93. The van der Waals surface area contributed by atoms with Crippen molar-refractivity contribution in [1.29, 1.82) is 0 Å². The lowest BCUT2D eigenvalue weighted by molar-refractivity contribution is -0.123. The molecule has 1 aromatic carbocycles. The van der Waals surface area contributed by atoms with Crippen molar-refractivity contribution in [3.05, 3.63) is 29.8 Å². The highest BCUT2D eigenvalue weighted by Crippen LogP contribution is 2.20. The summed E-state index contributed by atoms with van der Waals surface area (Å²) in [5.41, 5.74) is 0. The number of hydrogen-bond acceptors (Lipinski definition) is 6. The standard InChI is InChI=1S/C16H23F2N3O6S/c1-26-7-5-19-15(22)10-21(11-16(23)20-6-8-27-2)28(24,25)14-9-12(17)3-4-13(14)18/h3-4,9H,5-8,10-11H2,1-2H3,(H,19,22)(H,20,23). The second-order valence-corrected chi connectivity index (χ2v) is 7.44. The number of rotatable bonds is 12. The Hall–Kier alpha value is -2.15. The van der Waals surface area contributed by atoms with Crippen LogP contribution in [0.5, 0.6) is 0 Å². The third-order valence-electron chi connectivity index (χ3n) is 3.41. The Morgan fingerprint density at radius 2 is 1.50 bits per heavy atom. The first-order valence-electron chi connectivity index (χ1n) is 8.18. The highest BCUT2D eigenvalue weighted by molar-refractivity contribution is 7.89. The van der Waals surface area contributed by atoms with Crippen LogP contribution in [0, 0.1) is 11.6 Å². The second kappa shape index (κ2) is 11.6. The first-order valence-corrected chi connectivity index (χ1v) is 9.62. The zero-order chi connectivity index (χ0) is 21.2. The number of amides is 2. The van der Waals surface area contributed by atoms with Gasteiger partial charge in [0, 0.05) is 27.3 Å². The van der Waals surface area contributed by atoms with Gasteiger partial charge in [0.2, 0.25) is 21.8 Å². The molecule has 0 aromatic heterocycles. The Balaban J connectivity index is 3.05. The summed E-state index contributed by atoms with van der Waals surface area (Å²) in [7, 11) is -1.84. The molecule has 0 unspecified atom stereocenters. The lowest BCUT2D eigenvalue weighted by Crippen LogP contribution is -2.46. The molecule has 2 N–H and O–H groups in total. The fourth-order valence-electron chi connectivity index (χ4n) is 2.06. The average Bonchev–Trinajstić information content (AvgIpc) is 2.63. The molecule has 0 aliphatic carbocycles. The SMILES string of the molecule is COCCNC(=O)CN(CC(=O)NCCOC)S(=O)(=O)c1cc(F)ccc1F. The van der Waals surface area contributed by atoms with Gasteiger partial charge in [-0.2, -0.15) is 4.31 Å². The summed E-state index contributed by atoms with van der Waals surface area (Å²) in [5.74, 6) is -3.65. The van der Waals surface area contributed by atoms with Gasteiger partial charge in [0.15, 0.2) is 0 Å². The van der Waals surface area contributed by atoms with Gasteiger partial charge in [-0.05, 0) is 18.2 Å². The van der Waals surface area contributed by atoms with Crippen LogP contribution >= 0.6 is 0 Å². The van der Waals surface area contributed by atoms with Crippen molar-refractivity contribution in [3.8, 4) is 0 Å². The minimum absolute atomic E-state index is 0.109. The van der Waals surface area contributed by atoms with E-state index >= 15 is 0 Å². The van der Waals surface area contributed by atoms with E-state index in [4.69, 9.17) is 9.47 Å². The van der Waals surface area contributed by atoms with Crippen molar-refractivity contribution >= 4 is 21.8 Å². The number of halogens is 2. The number of benzene rings is 1. The molecule has 1 aromatic rings. The number of sulfonamides is 1. The van der Waals surface area contributed by atoms with E-state index in [2.05, 4.69) is 10.6 Å². The van der Waals surface area contributed by atoms with Crippen molar-refractivity contribution < 1.29 is 36.3 Å². The van der Waals surface area contributed by atoms with Crippen LogP contribution < -0.4 is 10.6 Å². The van der Waals surface area contributed by atoms with Crippen LogP contribution in [0.4, 0.5) is 8.78 Å². The van der Waals surface area contributed by atoms with Crippen molar-refractivity contribution in [2.45, 2.75) is 4.90 Å². The highest BCUT2D eigenvalue weighted by atomic mass is 32.2. The summed E-state index contributed by atoms with van der Waals surface area (Å²) in [5, 5.41) is 4.80. The normalized spacial score (nSPS) is 11.5. The predicted octanol–water partition coefficient (Wildman–Crippen LogP) is -0.519. The minimum Gasteiger partial charge on any atom is -0.383 e. The maximum absolute atomic E-state index is 14.0. The summed E-state index contributed by atoms with van der Waals surface area (Å²) in [6.45, 7) is -0.933. The number of nitrogens with zero attached hydrogens (tertiary/aromatic N) is 1. The van der Waals surface area contributed by atoms with Crippen molar-refractivity contribution in [2.75, 3.05) is 53.6 Å². The topological polar surface area (TPSA) is 114 Å². The molecule has 158 valence electrons. The molecule has 0 spiro atoms. The van der Waals surface area contributed by atoms with Crippen LogP contribution in [-0.2, 0) is 29.1 Å². The molecule has 0 atom stereocenters. The number of carbonyl (C=O) groups excluding carboxylic acids is 2. The smallest absolute Gasteiger partial charge is 0.247 e. The van der Waals surface area contributed by atoms with E-state index in [9.17, 15) is 26.8 Å². The van der Waals surface area contributed by atoms with E-state index in [0.29, 0.717) is 16.4 Å². The Morgan fingerprint density at radius 1 is 1.00 bits per heavy atom. The van der Waals surface area contributed by atoms with Gasteiger partial charge < -0.3 is 20.1 Å². The molecule has 0 saturated heterocycles. The minimum atomic E-state index is -4.67. The Bertz CT molecular complexity index is 752. The molecule has 28 heavy (non-hydrogen) atoms. The molecular formula is C16H23F2N3O6S. The molecule has 0 aliphatic rings. The lowest BCUT2D eigenvalue weighted by Gasteiger charge is -2.21. The van der Waals surface area contributed by atoms with Crippen molar-refractivity contribution in [2.24, 2.45) is 0 Å². The number of carbonyl (C=O) groups is 2. The molecule has 0 bridgehead atoms. The van der Waals surface area contributed by atoms with Gasteiger partial charge in [0.1, 0.15) is 16.5 Å². The van der Waals surface area contributed by atoms with Crippen molar-refractivity contribution in [3.63, 3.8) is 0 Å². The maximum atomic E-state index is 14.0. The molecule has 0 heterocycles. The summed E-state index contributed by atoms with van der Waals surface area (Å²) in [4.78, 5) is 23.0. The molecule has 12 heteroatoms. The van der Waals surface area contributed by atoms with Gasteiger partial charge in [-0.3, -0.25) is 9.59 Å². The molecule has 0 fully saturated rings. The molecule has 1 rings (SSSR count). The predicted molar refractivity (Wildman–Crippen MR) is 94.9 cm³/mol. The Labute approximate surface area is 162 Å². The van der Waals surface area contributed by atoms with Gasteiger partial charge >= 0.3 is 0 Å². The molecule has 0 aliphatic heterocycles. The molecular weight excluding hydrogens is 400 g/mol. The summed E-state index contributed by atoms with van der Waals surface area (Å²) in [6, 6.07) is 1.90. The van der Waals surface area contributed by atoms with E-state index in [1.54, 1.807) is 0 Å². The van der Waals surface area contributed by atoms with Crippen LogP contribution in [-0.4, -0.2) is 78.1 Å². The molecule has 9 nitrogen and oxygen atoms in total. The van der Waals surface area contributed by atoms with E-state index < -0.39 is 51.5 Å². The van der Waals surface area contributed by atoms with E-state index in [1.807, 2.05) is 0 Å². The highest BCUT2D eigenvalue weighted by Gasteiger charge is 2.31. The van der Waals surface area contributed by atoms with Gasteiger partial charge in [-0.25, -0.2) is 17.2 Å². The third kappa shape index (κ3) is 7.46. The van der Waals surface area contributed by atoms with Gasteiger partial charge in [0.25, 0.3) is 0 Å². The van der Waals surface area contributed by atoms with Gasteiger partial charge in [-0.15, -0.1) is 0 Å². The summed E-state index contributed by atoms with van der Waals surface area (Å²) in [6.07, 6.45) is 0. The van der Waals surface area contributed by atoms with E-state index in [0.717, 1.165) is 6.07 Å². The first kappa shape index (κ1) is 23.9. The van der Waals surface area contributed by atoms with E-state index in [1.165, 1.54) is 14.2 Å². The fourth-order valence-corrected chi connectivity index (χ4v) is 3.49. The second-order valence-electron chi connectivity index (χ2n) is 5.53. The lowest BCUT2D eigenvalue weighted by atomic mass is 10.3. The quantitative estimate of drug-likeness (QED) is 0.438. The van der Waals surface area contributed by atoms with Gasteiger partial charge in [-0.1, -0.05) is 0 Å². The van der Waals surface area contributed by atoms with Crippen LogP contribution in [0.3, 0.4) is 0 Å². The molecule has 2 amide bonds. The molecule has 0 saturated carbocycles. The van der Waals surface area contributed by atoms with Crippen LogP contribution in [0.25, 0.3) is 0 Å². The zero-order valence-corrected chi connectivity index (χ0v) is 16.4. The third-order valence-corrected chi connectivity index (χ3v) is 5.21. The first-order chi connectivity index (χ1) is 13.2. The van der Waals surface area contributed by atoms with Crippen molar-refractivity contribution in [1.82, 2.24) is 14.9 Å². The van der Waals surface area contributed by atoms with Crippen LogP contribution in [0.2, 0.25) is 0 Å². The zero-order valence-electron chi connectivity index (χ0n) is 15.5. The van der Waals surface area contributed by atoms with Gasteiger partial charge in [0.05, 0.1) is 26.3 Å². The number of methoxy groups -OCH3 is 2. The van der Waals surface area contributed by atoms with E-state index in [-0.39, 0.29) is 26.3 Å². The molecule has 0 radical (unpaired) electrons. The summed E-state index contributed by atoms with van der Waals surface area (Å²) >= 11 is 0. The monoisotopic (exact) mass is 423 g/mol. The number of ether oxygens (including phenoxy) is 2.